The number of ether oxygens (including phenoxy) is 1. The lowest BCUT2D eigenvalue weighted by Gasteiger charge is -2.06. The molecule has 19 heavy (non-hydrogen) atoms. The highest BCUT2D eigenvalue weighted by Crippen LogP contribution is 2.32. The maximum atomic E-state index is 6.11. The average Bonchev–Trinajstić information content (AvgIpc) is 2.67. The number of hydrogen-bond donors (Lipinski definition) is 1. The summed E-state index contributed by atoms with van der Waals surface area (Å²) in [6.07, 6.45) is 5.32. The van der Waals surface area contributed by atoms with Crippen molar-refractivity contribution in [1.82, 2.24) is 9.55 Å². The SMILES string of the molecule is C#CCn1c(C)nc(-c2ccc(OC)c(Cl)c2)c1N. The van der Waals surface area contributed by atoms with Gasteiger partial charge in [0.25, 0.3) is 0 Å². The Bertz CT molecular complexity index is 655. The molecule has 1 aromatic carbocycles. The van der Waals surface area contributed by atoms with Crippen LogP contribution in [0.15, 0.2) is 18.2 Å². The monoisotopic (exact) mass is 275 g/mol. The molecule has 1 aromatic heterocycles. The number of nitrogen functional groups attached to an aromatic ring is 1. The summed E-state index contributed by atoms with van der Waals surface area (Å²) in [7, 11) is 1.57. The number of nitrogens with zero attached hydrogens (tertiary/aromatic N) is 2. The minimum Gasteiger partial charge on any atom is -0.495 e. The highest BCUT2D eigenvalue weighted by molar-refractivity contribution is 6.32. The van der Waals surface area contributed by atoms with Crippen LogP contribution in [0, 0.1) is 19.3 Å². The Morgan fingerprint density at radius 3 is 2.84 bits per heavy atom. The first-order valence-corrected chi connectivity index (χ1v) is 6.06. The molecule has 2 rings (SSSR count). The van der Waals surface area contributed by atoms with Crippen molar-refractivity contribution < 1.29 is 4.74 Å². The van der Waals surface area contributed by atoms with Gasteiger partial charge in [0, 0.05) is 5.56 Å². The zero-order valence-corrected chi connectivity index (χ0v) is 11.5. The number of aromatic nitrogens is 2. The van der Waals surface area contributed by atoms with E-state index < -0.39 is 0 Å². The highest BCUT2D eigenvalue weighted by Gasteiger charge is 2.14. The average molecular weight is 276 g/mol. The van der Waals surface area contributed by atoms with E-state index in [2.05, 4.69) is 10.9 Å². The number of nitrogens with two attached hydrogens (primary N) is 1. The summed E-state index contributed by atoms with van der Waals surface area (Å²) in [5.74, 6) is 4.49. The van der Waals surface area contributed by atoms with Crippen LogP contribution >= 0.6 is 11.6 Å². The third kappa shape index (κ3) is 2.38. The second kappa shape index (κ2) is 5.25. The standard InChI is InChI=1S/C14H14ClN3O/c1-4-7-18-9(2)17-13(14(18)16)10-5-6-12(19-3)11(15)8-10/h1,5-6,8H,7,16H2,2-3H3. The van der Waals surface area contributed by atoms with Gasteiger partial charge in [-0.2, -0.15) is 0 Å². The van der Waals surface area contributed by atoms with Crippen LogP contribution in [-0.4, -0.2) is 16.7 Å². The summed E-state index contributed by atoms with van der Waals surface area (Å²) in [6, 6.07) is 5.43. The van der Waals surface area contributed by atoms with E-state index in [1.165, 1.54) is 0 Å². The van der Waals surface area contributed by atoms with E-state index in [0.29, 0.717) is 28.8 Å². The van der Waals surface area contributed by atoms with Gasteiger partial charge in [0.1, 0.15) is 23.1 Å². The minimum absolute atomic E-state index is 0.397. The molecule has 0 fully saturated rings. The largest absolute Gasteiger partial charge is 0.495 e. The summed E-state index contributed by atoms with van der Waals surface area (Å²) < 4.78 is 6.90. The molecular formula is C14H14ClN3O. The molecule has 2 aromatic rings. The third-order valence-electron chi connectivity index (χ3n) is 2.87. The van der Waals surface area contributed by atoms with Crippen LogP contribution in [0.3, 0.4) is 0 Å². The van der Waals surface area contributed by atoms with Gasteiger partial charge in [-0.05, 0) is 25.1 Å². The Kier molecular flexibility index (Phi) is 3.68. The number of methoxy groups -OCH3 is 1. The lowest BCUT2D eigenvalue weighted by molar-refractivity contribution is 0.415. The Hall–Kier alpha value is -2.12. The van der Waals surface area contributed by atoms with E-state index in [-0.39, 0.29) is 0 Å². The van der Waals surface area contributed by atoms with Crippen molar-refractivity contribution in [2.24, 2.45) is 0 Å². The molecule has 0 aliphatic rings. The van der Waals surface area contributed by atoms with E-state index in [0.717, 1.165) is 11.4 Å². The highest BCUT2D eigenvalue weighted by atomic mass is 35.5. The Morgan fingerprint density at radius 2 is 2.26 bits per heavy atom. The van der Waals surface area contributed by atoms with Crippen LogP contribution in [0.25, 0.3) is 11.3 Å². The molecule has 0 bridgehead atoms. The number of hydrogen-bond acceptors (Lipinski definition) is 3. The van der Waals surface area contributed by atoms with Crippen LogP contribution in [0.1, 0.15) is 5.82 Å². The predicted molar refractivity (Wildman–Crippen MR) is 77.2 cm³/mol. The smallest absolute Gasteiger partial charge is 0.137 e. The molecule has 0 spiro atoms. The van der Waals surface area contributed by atoms with Gasteiger partial charge in [0.2, 0.25) is 0 Å². The lowest BCUT2D eigenvalue weighted by Crippen LogP contribution is -2.03. The van der Waals surface area contributed by atoms with Crippen LogP contribution in [-0.2, 0) is 6.54 Å². The van der Waals surface area contributed by atoms with Crippen LogP contribution in [0.4, 0.5) is 5.82 Å². The number of terminal acetylenes is 1. The molecule has 0 saturated carbocycles. The van der Waals surface area contributed by atoms with E-state index >= 15 is 0 Å². The summed E-state index contributed by atoms with van der Waals surface area (Å²) in [5, 5.41) is 0.517. The number of aryl methyl sites for hydroxylation is 1. The van der Waals surface area contributed by atoms with Gasteiger partial charge in [-0.15, -0.1) is 6.42 Å². The molecule has 0 amide bonds. The van der Waals surface area contributed by atoms with Gasteiger partial charge in [-0.3, -0.25) is 0 Å². The normalized spacial score (nSPS) is 10.2. The Labute approximate surface area is 117 Å². The van der Waals surface area contributed by atoms with E-state index in [1.54, 1.807) is 23.8 Å². The molecule has 0 unspecified atom stereocenters. The second-order valence-corrected chi connectivity index (χ2v) is 4.44. The molecule has 0 aliphatic heterocycles. The minimum atomic E-state index is 0.397. The fourth-order valence-corrected chi connectivity index (χ4v) is 2.16. The fourth-order valence-electron chi connectivity index (χ4n) is 1.90. The van der Waals surface area contributed by atoms with Gasteiger partial charge in [0.05, 0.1) is 18.7 Å². The number of rotatable bonds is 3. The second-order valence-electron chi connectivity index (χ2n) is 4.03. The van der Waals surface area contributed by atoms with Gasteiger partial charge >= 0.3 is 0 Å². The van der Waals surface area contributed by atoms with Gasteiger partial charge in [-0.1, -0.05) is 17.5 Å². The quantitative estimate of drug-likeness (QED) is 0.877. The van der Waals surface area contributed by atoms with Gasteiger partial charge in [-0.25, -0.2) is 4.98 Å². The molecule has 4 nitrogen and oxygen atoms in total. The summed E-state index contributed by atoms with van der Waals surface area (Å²) in [4.78, 5) is 4.44. The summed E-state index contributed by atoms with van der Waals surface area (Å²) in [5.41, 5.74) is 7.59. The summed E-state index contributed by atoms with van der Waals surface area (Å²) in [6.45, 7) is 2.26. The van der Waals surface area contributed by atoms with E-state index in [4.69, 9.17) is 28.5 Å². The molecule has 0 atom stereocenters. The number of halogens is 1. The molecule has 5 heteroatoms. The van der Waals surface area contributed by atoms with Gasteiger partial charge < -0.3 is 15.0 Å². The maximum absolute atomic E-state index is 6.11. The van der Waals surface area contributed by atoms with E-state index in [9.17, 15) is 0 Å². The van der Waals surface area contributed by atoms with Crippen molar-refractivity contribution in [3.8, 4) is 29.4 Å². The zero-order valence-electron chi connectivity index (χ0n) is 10.8. The topological polar surface area (TPSA) is 53.1 Å². The van der Waals surface area contributed by atoms with Crippen LogP contribution in [0.5, 0.6) is 5.75 Å². The molecule has 0 aliphatic carbocycles. The molecular weight excluding hydrogens is 262 g/mol. The van der Waals surface area contributed by atoms with Crippen molar-refractivity contribution in [2.45, 2.75) is 13.5 Å². The number of anilines is 1. The van der Waals surface area contributed by atoms with Crippen LogP contribution in [0.2, 0.25) is 5.02 Å². The molecule has 98 valence electrons. The fraction of sp³-hybridized carbons (Fsp3) is 0.214. The molecule has 0 radical (unpaired) electrons. The van der Waals surface area contributed by atoms with Crippen molar-refractivity contribution in [2.75, 3.05) is 12.8 Å². The van der Waals surface area contributed by atoms with Crippen molar-refractivity contribution in [1.29, 1.82) is 0 Å². The van der Waals surface area contributed by atoms with Gasteiger partial charge in [0.15, 0.2) is 0 Å². The first kappa shape index (κ1) is 13.3. The third-order valence-corrected chi connectivity index (χ3v) is 3.17. The number of benzene rings is 1. The Balaban J connectivity index is 2.51. The predicted octanol–water partition coefficient (Wildman–Crippen LogP) is 2.74. The zero-order chi connectivity index (χ0) is 14.0. The summed E-state index contributed by atoms with van der Waals surface area (Å²) >= 11 is 6.11. The van der Waals surface area contributed by atoms with Crippen LogP contribution < -0.4 is 10.5 Å². The maximum Gasteiger partial charge on any atom is 0.137 e. The Morgan fingerprint density at radius 1 is 1.53 bits per heavy atom. The van der Waals surface area contributed by atoms with Crippen molar-refractivity contribution in [3.05, 3.63) is 29.0 Å². The lowest BCUT2D eigenvalue weighted by atomic mass is 10.1. The molecule has 0 saturated heterocycles. The molecule has 1 heterocycles. The van der Waals surface area contributed by atoms with Crippen molar-refractivity contribution in [3.63, 3.8) is 0 Å². The number of imidazole rings is 1. The van der Waals surface area contributed by atoms with Crippen molar-refractivity contribution >= 4 is 17.4 Å². The van der Waals surface area contributed by atoms with E-state index in [1.807, 2.05) is 13.0 Å². The molecule has 2 N–H and O–H groups in total. The first-order valence-electron chi connectivity index (χ1n) is 5.68. The first-order chi connectivity index (χ1) is 9.08.